The topological polar surface area (TPSA) is 42.1 Å². The summed E-state index contributed by atoms with van der Waals surface area (Å²) >= 11 is 3.50. The van der Waals surface area contributed by atoms with E-state index in [2.05, 4.69) is 32.9 Å². The first kappa shape index (κ1) is 11.9. The predicted molar refractivity (Wildman–Crippen MR) is 74.9 cm³/mol. The van der Waals surface area contributed by atoms with Crippen LogP contribution in [0.15, 0.2) is 47.2 Å². The maximum absolute atomic E-state index is 5.66. The maximum atomic E-state index is 5.66. The summed E-state index contributed by atoms with van der Waals surface area (Å²) in [5, 5.41) is 0. The van der Waals surface area contributed by atoms with Crippen molar-refractivity contribution in [1.29, 1.82) is 0 Å². The molecule has 0 radical (unpaired) electrons. The van der Waals surface area contributed by atoms with E-state index in [1.165, 1.54) is 5.56 Å². The molecule has 0 spiro atoms. The van der Waals surface area contributed by atoms with Crippen LogP contribution in [0.3, 0.4) is 0 Å². The summed E-state index contributed by atoms with van der Waals surface area (Å²) in [5.74, 6) is 0. The number of hydrogen-bond donors (Lipinski definition) is 1. The molecule has 0 amide bonds. The minimum atomic E-state index is 0.793. The molecule has 0 saturated heterocycles. The summed E-state index contributed by atoms with van der Waals surface area (Å²) in [6.45, 7) is 0.836. The van der Waals surface area contributed by atoms with E-state index in [-0.39, 0.29) is 0 Å². The van der Waals surface area contributed by atoms with Gasteiger partial charge in [-0.2, -0.15) is 0 Å². The van der Waals surface area contributed by atoms with Crippen LogP contribution in [-0.4, -0.2) is 12.0 Å². The molecule has 0 fully saturated rings. The standard InChI is InChI=1S/C13H14BrN3/c1-17(13-6-7-16-8-12(13)14)9-10-2-4-11(15)5-3-10/h2-8H,9,15H2,1H3. The van der Waals surface area contributed by atoms with Gasteiger partial charge in [0.1, 0.15) is 0 Å². The molecule has 4 heteroatoms. The summed E-state index contributed by atoms with van der Waals surface area (Å²) < 4.78 is 0.998. The molecular formula is C13H14BrN3. The van der Waals surface area contributed by atoms with E-state index in [1.807, 2.05) is 30.3 Å². The average Bonchev–Trinajstić information content (AvgIpc) is 2.32. The molecule has 1 aromatic carbocycles. The zero-order valence-electron chi connectivity index (χ0n) is 9.60. The number of rotatable bonds is 3. The fourth-order valence-corrected chi connectivity index (χ4v) is 2.21. The van der Waals surface area contributed by atoms with Crippen LogP contribution in [0, 0.1) is 0 Å². The second-order valence-electron chi connectivity index (χ2n) is 3.92. The Hall–Kier alpha value is -1.55. The number of aromatic nitrogens is 1. The Bertz CT molecular complexity index is 496. The summed E-state index contributed by atoms with van der Waals surface area (Å²) in [7, 11) is 2.05. The Morgan fingerprint density at radius 3 is 2.59 bits per heavy atom. The molecule has 1 heterocycles. The van der Waals surface area contributed by atoms with Crippen LogP contribution in [-0.2, 0) is 6.54 Å². The number of hydrogen-bond acceptors (Lipinski definition) is 3. The highest BCUT2D eigenvalue weighted by Gasteiger charge is 2.05. The van der Waals surface area contributed by atoms with E-state index in [4.69, 9.17) is 5.73 Å². The molecule has 3 nitrogen and oxygen atoms in total. The molecule has 1 aromatic heterocycles. The lowest BCUT2D eigenvalue weighted by Gasteiger charge is -2.20. The summed E-state index contributed by atoms with van der Waals surface area (Å²) in [5.41, 5.74) is 8.81. The van der Waals surface area contributed by atoms with E-state index in [0.29, 0.717) is 0 Å². The Kier molecular flexibility index (Phi) is 3.64. The lowest BCUT2D eigenvalue weighted by atomic mass is 10.2. The van der Waals surface area contributed by atoms with Crippen molar-refractivity contribution < 1.29 is 0 Å². The SMILES string of the molecule is CN(Cc1ccc(N)cc1)c1ccncc1Br. The average molecular weight is 292 g/mol. The van der Waals surface area contributed by atoms with Gasteiger partial charge in [0, 0.05) is 31.7 Å². The number of nitrogens with two attached hydrogens (primary N) is 1. The second-order valence-corrected chi connectivity index (χ2v) is 4.78. The molecule has 2 aromatic rings. The fourth-order valence-electron chi connectivity index (χ4n) is 1.66. The molecule has 0 aliphatic carbocycles. The molecule has 2 rings (SSSR count). The Balaban J connectivity index is 2.14. The van der Waals surface area contributed by atoms with Crippen molar-refractivity contribution in [3.63, 3.8) is 0 Å². The van der Waals surface area contributed by atoms with Crippen LogP contribution in [0.25, 0.3) is 0 Å². The van der Waals surface area contributed by atoms with Gasteiger partial charge in [-0.3, -0.25) is 4.98 Å². The zero-order valence-corrected chi connectivity index (χ0v) is 11.2. The van der Waals surface area contributed by atoms with Gasteiger partial charge in [0.2, 0.25) is 0 Å². The van der Waals surface area contributed by atoms with Crippen molar-refractivity contribution >= 4 is 27.3 Å². The fraction of sp³-hybridized carbons (Fsp3) is 0.154. The number of anilines is 2. The normalized spacial score (nSPS) is 10.2. The number of nitrogens with zero attached hydrogens (tertiary/aromatic N) is 2. The van der Waals surface area contributed by atoms with Crippen LogP contribution in [0.4, 0.5) is 11.4 Å². The van der Waals surface area contributed by atoms with Crippen LogP contribution in [0.5, 0.6) is 0 Å². The van der Waals surface area contributed by atoms with Gasteiger partial charge in [-0.1, -0.05) is 12.1 Å². The second kappa shape index (κ2) is 5.19. The van der Waals surface area contributed by atoms with E-state index in [1.54, 1.807) is 12.4 Å². The van der Waals surface area contributed by atoms with Crippen molar-refractivity contribution in [1.82, 2.24) is 4.98 Å². The minimum absolute atomic E-state index is 0.793. The smallest absolute Gasteiger partial charge is 0.0592 e. The van der Waals surface area contributed by atoms with Gasteiger partial charge in [-0.05, 0) is 39.7 Å². The first-order valence-corrected chi connectivity index (χ1v) is 6.11. The van der Waals surface area contributed by atoms with Crippen molar-refractivity contribution in [3.8, 4) is 0 Å². The molecular weight excluding hydrogens is 278 g/mol. The summed E-state index contributed by atoms with van der Waals surface area (Å²) in [6.07, 6.45) is 3.59. The third kappa shape index (κ3) is 2.97. The highest BCUT2D eigenvalue weighted by Crippen LogP contribution is 2.24. The molecule has 0 saturated carbocycles. The van der Waals surface area contributed by atoms with E-state index in [9.17, 15) is 0 Å². The number of halogens is 1. The maximum Gasteiger partial charge on any atom is 0.0592 e. The Morgan fingerprint density at radius 1 is 1.24 bits per heavy atom. The van der Waals surface area contributed by atoms with Crippen molar-refractivity contribution in [2.75, 3.05) is 17.7 Å². The number of pyridine rings is 1. The summed E-state index contributed by atoms with van der Waals surface area (Å²) in [6, 6.07) is 9.92. The monoisotopic (exact) mass is 291 g/mol. The molecule has 88 valence electrons. The van der Waals surface area contributed by atoms with E-state index < -0.39 is 0 Å². The third-order valence-corrected chi connectivity index (χ3v) is 3.17. The first-order valence-electron chi connectivity index (χ1n) is 5.32. The van der Waals surface area contributed by atoms with Crippen LogP contribution >= 0.6 is 15.9 Å². The molecule has 0 bridgehead atoms. The van der Waals surface area contributed by atoms with Gasteiger partial charge in [0.05, 0.1) is 10.2 Å². The zero-order chi connectivity index (χ0) is 12.3. The Labute approximate surface area is 109 Å². The predicted octanol–water partition coefficient (Wildman–Crippen LogP) is 3.06. The van der Waals surface area contributed by atoms with Crippen LogP contribution in [0.2, 0.25) is 0 Å². The van der Waals surface area contributed by atoms with Crippen molar-refractivity contribution in [3.05, 3.63) is 52.8 Å². The molecule has 17 heavy (non-hydrogen) atoms. The molecule has 0 aliphatic heterocycles. The van der Waals surface area contributed by atoms with Gasteiger partial charge >= 0.3 is 0 Å². The molecule has 0 unspecified atom stereocenters. The lowest BCUT2D eigenvalue weighted by Crippen LogP contribution is -2.16. The van der Waals surface area contributed by atoms with Crippen molar-refractivity contribution in [2.24, 2.45) is 0 Å². The first-order chi connectivity index (χ1) is 8.16. The van der Waals surface area contributed by atoms with E-state index >= 15 is 0 Å². The minimum Gasteiger partial charge on any atom is -0.399 e. The van der Waals surface area contributed by atoms with Gasteiger partial charge in [-0.25, -0.2) is 0 Å². The number of nitrogen functional groups attached to an aromatic ring is 1. The van der Waals surface area contributed by atoms with Gasteiger partial charge in [0.15, 0.2) is 0 Å². The quantitative estimate of drug-likeness (QED) is 0.884. The van der Waals surface area contributed by atoms with Crippen LogP contribution < -0.4 is 10.6 Å². The van der Waals surface area contributed by atoms with Crippen molar-refractivity contribution in [2.45, 2.75) is 6.54 Å². The summed E-state index contributed by atoms with van der Waals surface area (Å²) in [4.78, 5) is 6.22. The molecule has 0 aliphatic rings. The van der Waals surface area contributed by atoms with Gasteiger partial charge in [-0.15, -0.1) is 0 Å². The van der Waals surface area contributed by atoms with Crippen LogP contribution in [0.1, 0.15) is 5.56 Å². The lowest BCUT2D eigenvalue weighted by molar-refractivity contribution is 0.917. The van der Waals surface area contributed by atoms with Gasteiger partial charge < -0.3 is 10.6 Å². The number of benzene rings is 1. The Morgan fingerprint density at radius 2 is 1.94 bits per heavy atom. The van der Waals surface area contributed by atoms with E-state index in [0.717, 1.165) is 22.4 Å². The molecule has 0 atom stereocenters. The van der Waals surface area contributed by atoms with Gasteiger partial charge in [0.25, 0.3) is 0 Å². The molecule has 2 N–H and O–H groups in total. The highest BCUT2D eigenvalue weighted by atomic mass is 79.9. The third-order valence-electron chi connectivity index (χ3n) is 2.56. The highest BCUT2D eigenvalue weighted by molar-refractivity contribution is 9.10. The largest absolute Gasteiger partial charge is 0.399 e.